The highest BCUT2D eigenvalue weighted by molar-refractivity contribution is 7.80. The second kappa shape index (κ2) is 7.18. The first-order valence-electron chi connectivity index (χ1n) is 5.32. The molecule has 0 aromatic heterocycles. The second-order valence-corrected chi connectivity index (χ2v) is 3.80. The molecule has 0 heterocycles. The molecule has 6 heteroatoms. The average Bonchev–Trinajstić information content (AvgIpc) is 2.31. The Bertz CT molecular complexity index is 342. The van der Waals surface area contributed by atoms with Gasteiger partial charge in [0.1, 0.15) is 0 Å². The molecule has 5 nitrogen and oxygen atoms in total. The zero-order chi connectivity index (χ0) is 12.7. The van der Waals surface area contributed by atoms with Gasteiger partial charge in [-0.1, -0.05) is 18.2 Å². The van der Waals surface area contributed by atoms with Crippen LogP contribution in [0, 0.1) is 0 Å². The molecule has 1 aromatic rings. The Hall–Kier alpha value is -1.21. The third kappa shape index (κ3) is 3.94. The van der Waals surface area contributed by atoms with Gasteiger partial charge in [0.25, 0.3) is 0 Å². The quantitative estimate of drug-likeness (QED) is 0.488. The number of anilines is 1. The summed E-state index contributed by atoms with van der Waals surface area (Å²) in [6.07, 6.45) is 0. The van der Waals surface area contributed by atoms with E-state index < -0.39 is 0 Å². The minimum atomic E-state index is -0.0358. The van der Waals surface area contributed by atoms with E-state index in [0.29, 0.717) is 13.1 Å². The molecule has 0 fully saturated rings. The number of aliphatic hydroxyl groups excluding tert-OH is 2. The number of nitrogens with two attached hydrogens (primary N) is 1. The van der Waals surface area contributed by atoms with Crippen molar-refractivity contribution in [2.24, 2.45) is 5.73 Å². The number of hydrogen-bond acceptors (Lipinski definition) is 4. The maximum absolute atomic E-state index is 9.01. The predicted molar refractivity (Wildman–Crippen MR) is 71.5 cm³/mol. The first kappa shape index (κ1) is 13.9. The molecular formula is C11H17N3O2S. The van der Waals surface area contributed by atoms with Gasteiger partial charge in [0, 0.05) is 13.1 Å². The molecule has 0 radical (unpaired) electrons. The highest BCUT2D eigenvalue weighted by atomic mass is 32.1. The van der Waals surface area contributed by atoms with Crippen LogP contribution in [0.25, 0.3) is 0 Å². The fourth-order valence-electron chi connectivity index (χ4n) is 1.54. The van der Waals surface area contributed by atoms with Crippen LogP contribution >= 0.6 is 12.2 Å². The van der Waals surface area contributed by atoms with Crippen LogP contribution in [0.1, 0.15) is 0 Å². The Kier molecular flexibility index (Phi) is 5.85. The third-order valence-electron chi connectivity index (χ3n) is 2.21. The minimum absolute atomic E-state index is 0.0358. The van der Waals surface area contributed by atoms with E-state index in [1.54, 1.807) is 10.0 Å². The van der Waals surface area contributed by atoms with Crippen LogP contribution in [-0.4, -0.2) is 46.6 Å². The van der Waals surface area contributed by atoms with Crippen LogP contribution in [0.2, 0.25) is 0 Å². The molecule has 17 heavy (non-hydrogen) atoms. The standard InChI is InChI=1S/C11H17N3O2S/c12-11(17)14(10-4-2-1-3-5-10)13(6-8-15)7-9-16/h1-5,15-16H,6-9H2,(H2,12,17). The zero-order valence-electron chi connectivity index (χ0n) is 9.49. The van der Waals surface area contributed by atoms with Gasteiger partial charge in [-0.15, -0.1) is 0 Å². The van der Waals surface area contributed by atoms with Crippen LogP contribution in [0.4, 0.5) is 5.69 Å². The van der Waals surface area contributed by atoms with Gasteiger partial charge in [-0.25, -0.2) is 10.0 Å². The van der Waals surface area contributed by atoms with Crippen molar-refractivity contribution in [1.29, 1.82) is 0 Å². The van der Waals surface area contributed by atoms with E-state index in [1.807, 2.05) is 30.3 Å². The smallest absolute Gasteiger partial charge is 0.185 e. The van der Waals surface area contributed by atoms with Crippen LogP contribution in [0.3, 0.4) is 0 Å². The van der Waals surface area contributed by atoms with Crippen LogP contribution < -0.4 is 10.7 Å². The molecule has 1 aromatic carbocycles. The van der Waals surface area contributed by atoms with Gasteiger partial charge >= 0.3 is 0 Å². The van der Waals surface area contributed by atoms with Crippen molar-refractivity contribution in [2.75, 3.05) is 31.3 Å². The van der Waals surface area contributed by atoms with Crippen molar-refractivity contribution >= 4 is 23.0 Å². The largest absolute Gasteiger partial charge is 0.395 e. The number of hydrazine groups is 1. The van der Waals surface area contributed by atoms with Crippen molar-refractivity contribution < 1.29 is 10.2 Å². The zero-order valence-corrected chi connectivity index (χ0v) is 10.3. The molecular weight excluding hydrogens is 238 g/mol. The van der Waals surface area contributed by atoms with Gasteiger partial charge in [0.15, 0.2) is 5.11 Å². The van der Waals surface area contributed by atoms with Gasteiger partial charge in [-0.2, -0.15) is 0 Å². The van der Waals surface area contributed by atoms with Crippen LogP contribution in [0.5, 0.6) is 0 Å². The predicted octanol–water partition coefficient (Wildman–Crippen LogP) is -0.0618. The second-order valence-electron chi connectivity index (χ2n) is 3.39. The highest BCUT2D eigenvalue weighted by Crippen LogP contribution is 2.15. The summed E-state index contributed by atoms with van der Waals surface area (Å²) in [6, 6.07) is 9.36. The van der Waals surface area contributed by atoms with E-state index in [0.717, 1.165) is 5.69 Å². The van der Waals surface area contributed by atoms with Gasteiger partial charge < -0.3 is 15.9 Å². The van der Waals surface area contributed by atoms with Crippen molar-refractivity contribution in [3.63, 3.8) is 0 Å². The van der Waals surface area contributed by atoms with E-state index in [1.165, 1.54) is 0 Å². The number of nitrogens with zero attached hydrogens (tertiary/aromatic N) is 2. The van der Waals surface area contributed by atoms with Crippen LogP contribution in [0.15, 0.2) is 30.3 Å². The van der Waals surface area contributed by atoms with Gasteiger partial charge in [-0.3, -0.25) is 0 Å². The monoisotopic (exact) mass is 255 g/mol. The summed E-state index contributed by atoms with van der Waals surface area (Å²) in [6.45, 7) is 0.636. The molecule has 0 saturated heterocycles. The molecule has 0 atom stereocenters. The fraction of sp³-hybridized carbons (Fsp3) is 0.364. The molecule has 0 amide bonds. The van der Waals surface area contributed by atoms with E-state index in [2.05, 4.69) is 0 Å². The maximum Gasteiger partial charge on any atom is 0.185 e. The normalized spacial score (nSPS) is 10.5. The van der Waals surface area contributed by atoms with E-state index >= 15 is 0 Å². The van der Waals surface area contributed by atoms with E-state index in [9.17, 15) is 0 Å². The molecule has 0 unspecified atom stereocenters. The van der Waals surface area contributed by atoms with Gasteiger partial charge in [0.05, 0.1) is 18.9 Å². The molecule has 0 bridgehead atoms. The summed E-state index contributed by atoms with van der Waals surface area (Å²) in [5.41, 5.74) is 6.49. The average molecular weight is 255 g/mol. The molecule has 0 aliphatic carbocycles. The fourth-order valence-corrected chi connectivity index (χ4v) is 1.76. The van der Waals surface area contributed by atoms with Crippen LogP contribution in [-0.2, 0) is 0 Å². The summed E-state index contributed by atoms with van der Waals surface area (Å²) in [7, 11) is 0. The first-order valence-corrected chi connectivity index (χ1v) is 5.72. The molecule has 4 N–H and O–H groups in total. The molecule has 0 spiro atoms. The third-order valence-corrected chi connectivity index (χ3v) is 2.38. The van der Waals surface area contributed by atoms with Gasteiger partial charge in [-0.05, 0) is 24.4 Å². The lowest BCUT2D eigenvalue weighted by atomic mass is 10.3. The number of benzene rings is 1. The topological polar surface area (TPSA) is 73.0 Å². The number of rotatable bonds is 6. The maximum atomic E-state index is 9.01. The number of thiocarbonyl (C=S) groups is 1. The summed E-state index contributed by atoms with van der Waals surface area (Å²) in [5.74, 6) is 0. The molecule has 0 saturated carbocycles. The van der Waals surface area contributed by atoms with Crippen molar-refractivity contribution in [3.8, 4) is 0 Å². The molecule has 1 rings (SSSR count). The Morgan fingerprint density at radius 3 is 2.06 bits per heavy atom. The Morgan fingerprint density at radius 1 is 1.12 bits per heavy atom. The number of aliphatic hydroxyl groups is 2. The summed E-state index contributed by atoms with van der Waals surface area (Å²) in [4.78, 5) is 0. The Labute approximate surface area is 106 Å². The number of hydrogen-bond donors (Lipinski definition) is 3. The Morgan fingerprint density at radius 2 is 1.65 bits per heavy atom. The lowest BCUT2D eigenvalue weighted by Gasteiger charge is -2.34. The summed E-state index contributed by atoms with van der Waals surface area (Å²) < 4.78 is 0. The molecule has 94 valence electrons. The molecule has 0 aliphatic heterocycles. The Balaban J connectivity index is 2.94. The van der Waals surface area contributed by atoms with Crippen molar-refractivity contribution in [3.05, 3.63) is 30.3 Å². The van der Waals surface area contributed by atoms with Crippen molar-refractivity contribution in [2.45, 2.75) is 0 Å². The summed E-state index contributed by atoms with van der Waals surface area (Å²) in [5, 5.41) is 21.5. The SMILES string of the molecule is NC(=S)N(c1ccccc1)N(CCO)CCO. The number of para-hydroxylation sites is 1. The van der Waals surface area contributed by atoms with E-state index in [4.69, 9.17) is 28.2 Å². The van der Waals surface area contributed by atoms with Crippen molar-refractivity contribution in [1.82, 2.24) is 5.01 Å². The van der Waals surface area contributed by atoms with E-state index in [-0.39, 0.29) is 18.3 Å². The lowest BCUT2D eigenvalue weighted by molar-refractivity contribution is 0.165. The summed E-state index contributed by atoms with van der Waals surface area (Å²) >= 11 is 5.00. The highest BCUT2D eigenvalue weighted by Gasteiger charge is 2.17. The first-order chi connectivity index (χ1) is 8.20. The van der Waals surface area contributed by atoms with Gasteiger partial charge in [0.2, 0.25) is 0 Å². The molecule has 0 aliphatic rings. The lowest BCUT2D eigenvalue weighted by Crippen LogP contribution is -2.51. The minimum Gasteiger partial charge on any atom is -0.395 e.